The van der Waals surface area contributed by atoms with E-state index in [2.05, 4.69) is 0 Å². The Hall–Kier alpha value is -0.900. The van der Waals surface area contributed by atoms with Crippen LogP contribution in [0, 0.1) is 0 Å². The Kier molecular flexibility index (Phi) is 3.78. The van der Waals surface area contributed by atoms with E-state index < -0.39 is 0 Å². The molecule has 0 saturated heterocycles. The van der Waals surface area contributed by atoms with Crippen LogP contribution in [0.3, 0.4) is 0 Å². The number of rotatable bonds is 3. The van der Waals surface area contributed by atoms with Crippen LogP contribution in [0.25, 0.3) is 0 Å². The molecular weight excluding hydrogens is 108 g/mol. The van der Waals surface area contributed by atoms with Crippen LogP contribution in [0.4, 0.5) is 0 Å². The second-order valence-corrected chi connectivity index (χ2v) is 1.22. The van der Waals surface area contributed by atoms with E-state index in [9.17, 15) is 9.59 Å². The van der Waals surface area contributed by atoms with Crippen LogP contribution in [0.1, 0.15) is 6.42 Å². The Bertz CT molecular complexity index is 92.0. The summed E-state index contributed by atoms with van der Waals surface area (Å²) in [6.45, 7) is 0.277. The Labute approximate surface area is 47.0 Å². The van der Waals surface area contributed by atoms with Crippen molar-refractivity contribution in [2.75, 3.05) is 6.54 Å². The second-order valence-electron chi connectivity index (χ2n) is 1.22. The number of amides is 2. The quantitative estimate of drug-likeness (QED) is 0.446. The van der Waals surface area contributed by atoms with Crippen molar-refractivity contribution in [1.82, 2.24) is 5.32 Å². The summed E-state index contributed by atoms with van der Waals surface area (Å²) in [5.41, 5.74) is 4.98. The van der Waals surface area contributed by atoms with Crippen LogP contribution in [0.15, 0.2) is 0 Å². The monoisotopic (exact) mass is 116 g/mol. The molecule has 0 spiro atoms. The molecule has 8 heavy (non-hydrogen) atoms. The van der Waals surface area contributed by atoms with Crippen LogP contribution in [-0.4, -0.2) is 18.9 Å². The molecule has 0 bridgehead atoms. The molecule has 4 heteroatoms. The van der Waals surface area contributed by atoms with E-state index in [1.165, 1.54) is 0 Å². The number of nitrogens with one attached hydrogen (secondary N) is 1. The highest BCUT2D eigenvalue weighted by Gasteiger charge is 1.93. The van der Waals surface area contributed by atoms with E-state index in [1.807, 2.05) is 5.32 Å². The molecule has 46 valence electrons. The molecule has 2 amide bonds. The lowest BCUT2D eigenvalue weighted by Crippen LogP contribution is -2.23. The minimum atomic E-state index is -0.331. The van der Waals surface area contributed by atoms with Gasteiger partial charge in [0, 0.05) is 13.0 Å². The zero-order chi connectivity index (χ0) is 6.41. The number of carbonyl (C=O) groups is 2. The molecule has 0 aromatic rings. The first-order chi connectivity index (χ1) is 3.81. The molecule has 0 atom stereocenters. The minimum absolute atomic E-state index is 0.207. The van der Waals surface area contributed by atoms with Crippen molar-refractivity contribution >= 4 is 12.3 Å². The topological polar surface area (TPSA) is 72.2 Å². The third kappa shape index (κ3) is 3.30. The Morgan fingerprint density at radius 3 is 2.75 bits per heavy atom. The highest BCUT2D eigenvalue weighted by molar-refractivity contribution is 5.85. The standard InChI is InChI=1S/C4H8N2O2/c5-2-1-4(8)6-3-7/h3H,1-2,5H2,(H,6,7,8). The molecule has 0 unspecified atom stereocenters. The third-order valence-corrected chi connectivity index (χ3v) is 0.591. The number of hydrogen-bond donors (Lipinski definition) is 2. The van der Waals surface area contributed by atoms with Gasteiger partial charge in [-0.2, -0.15) is 0 Å². The maximum atomic E-state index is 10.2. The van der Waals surface area contributed by atoms with E-state index in [-0.39, 0.29) is 18.9 Å². The fourth-order valence-electron chi connectivity index (χ4n) is 0.269. The normalized spacial score (nSPS) is 8.12. The van der Waals surface area contributed by atoms with Gasteiger partial charge in [-0.15, -0.1) is 0 Å². The SMILES string of the molecule is NCCC(=O)NC=O. The van der Waals surface area contributed by atoms with E-state index in [0.717, 1.165) is 0 Å². The lowest BCUT2D eigenvalue weighted by molar-refractivity contribution is -0.125. The molecule has 4 nitrogen and oxygen atoms in total. The molecule has 0 heterocycles. The van der Waals surface area contributed by atoms with Crippen molar-refractivity contribution in [2.24, 2.45) is 5.73 Å². The second kappa shape index (κ2) is 4.26. The highest BCUT2D eigenvalue weighted by Crippen LogP contribution is 1.69. The average molecular weight is 116 g/mol. The average Bonchev–Trinajstić information content (AvgIpc) is 1.68. The van der Waals surface area contributed by atoms with Crippen LogP contribution in [-0.2, 0) is 9.59 Å². The highest BCUT2D eigenvalue weighted by atomic mass is 16.2. The molecule has 0 fully saturated rings. The van der Waals surface area contributed by atoms with Gasteiger partial charge in [0.15, 0.2) is 0 Å². The van der Waals surface area contributed by atoms with E-state index >= 15 is 0 Å². The van der Waals surface area contributed by atoms with Crippen molar-refractivity contribution in [3.63, 3.8) is 0 Å². The summed E-state index contributed by atoms with van der Waals surface area (Å²) in [7, 11) is 0. The van der Waals surface area contributed by atoms with Gasteiger partial charge in [0.2, 0.25) is 12.3 Å². The summed E-state index contributed by atoms with van der Waals surface area (Å²) in [5, 5.41) is 1.95. The van der Waals surface area contributed by atoms with Crippen molar-refractivity contribution in [2.45, 2.75) is 6.42 Å². The van der Waals surface area contributed by atoms with Crippen molar-refractivity contribution < 1.29 is 9.59 Å². The maximum Gasteiger partial charge on any atom is 0.227 e. The lowest BCUT2D eigenvalue weighted by atomic mass is 10.4. The van der Waals surface area contributed by atoms with E-state index in [4.69, 9.17) is 5.73 Å². The molecule has 3 N–H and O–H groups in total. The van der Waals surface area contributed by atoms with Gasteiger partial charge in [-0.1, -0.05) is 0 Å². The lowest BCUT2D eigenvalue weighted by Gasteiger charge is -1.90. The summed E-state index contributed by atoms with van der Waals surface area (Å²) >= 11 is 0. The van der Waals surface area contributed by atoms with Crippen LogP contribution >= 0.6 is 0 Å². The molecular formula is C4H8N2O2. The van der Waals surface area contributed by atoms with Gasteiger partial charge >= 0.3 is 0 Å². The maximum absolute atomic E-state index is 10.2. The Morgan fingerprint density at radius 1 is 1.75 bits per heavy atom. The molecule has 0 aliphatic rings. The summed E-state index contributed by atoms with van der Waals surface area (Å²) in [4.78, 5) is 19.7. The fourth-order valence-corrected chi connectivity index (χ4v) is 0.269. The van der Waals surface area contributed by atoms with Gasteiger partial charge in [0.1, 0.15) is 0 Å². The van der Waals surface area contributed by atoms with Crippen molar-refractivity contribution in [3.8, 4) is 0 Å². The van der Waals surface area contributed by atoms with Gasteiger partial charge in [-0.05, 0) is 0 Å². The summed E-state index contributed by atoms with van der Waals surface area (Å²) in [6, 6.07) is 0. The van der Waals surface area contributed by atoms with E-state index in [1.54, 1.807) is 0 Å². The smallest absolute Gasteiger partial charge is 0.227 e. The largest absolute Gasteiger partial charge is 0.330 e. The van der Waals surface area contributed by atoms with E-state index in [0.29, 0.717) is 6.41 Å². The predicted molar refractivity (Wildman–Crippen MR) is 27.9 cm³/mol. The molecule has 0 saturated carbocycles. The van der Waals surface area contributed by atoms with Gasteiger partial charge in [-0.25, -0.2) is 0 Å². The van der Waals surface area contributed by atoms with Crippen LogP contribution in [0.2, 0.25) is 0 Å². The van der Waals surface area contributed by atoms with Gasteiger partial charge < -0.3 is 5.73 Å². The summed E-state index contributed by atoms with van der Waals surface area (Å²) in [6.07, 6.45) is 0.552. The number of imide groups is 1. The predicted octanol–water partition coefficient (Wildman–Crippen LogP) is -1.39. The van der Waals surface area contributed by atoms with Gasteiger partial charge in [0.05, 0.1) is 0 Å². The Balaban J connectivity index is 3.18. The third-order valence-electron chi connectivity index (χ3n) is 0.591. The van der Waals surface area contributed by atoms with Crippen molar-refractivity contribution in [3.05, 3.63) is 0 Å². The van der Waals surface area contributed by atoms with Crippen LogP contribution in [0.5, 0.6) is 0 Å². The zero-order valence-corrected chi connectivity index (χ0v) is 4.39. The zero-order valence-electron chi connectivity index (χ0n) is 4.39. The first-order valence-corrected chi connectivity index (χ1v) is 2.24. The summed E-state index contributed by atoms with van der Waals surface area (Å²) < 4.78 is 0. The van der Waals surface area contributed by atoms with Crippen LogP contribution < -0.4 is 11.1 Å². The fraction of sp³-hybridized carbons (Fsp3) is 0.500. The number of hydrogen-bond acceptors (Lipinski definition) is 3. The number of carbonyl (C=O) groups excluding carboxylic acids is 2. The molecule has 0 aliphatic heterocycles. The molecule has 0 rings (SSSR count). The molecule has 0 aliphatic carbocycles. The minimum Gasteiger partial charge on any atom is -0.330 e. The summed E-state index contributed by atoms with van der Waals surface area (Å²) in [5.74, 6) is -0.331. The van der Waals surface area contributed by atoms with Gasteiger partial charge in [-0.3, -0.25) is 14.9 Å². The van der Waals surface area contributed by atoms with Crippen molar-refractivity contribution in [1.29, 1.82) is 0 Å². The Morgan fingerprint density at radius 2 is 2.38 bits per heavy atom. The molecule has 0 radical (unpaired) electrons. The first-order valence-electron chi connectivity index (χ1n) is 2.24. The van der Waals surface area contributed by atoms with Gasteiger partial charge in [0.25, 0.3) is 0 Å². The molecule has 0 aromatic carbocycles. The number of nitrogens with two attached hydrogens (primary N) is 1. The first kappa shape index (κ1) is 7.10. The molecule has 0 aromatic heterocycles.